The molecule has 2 bridgehead atoms. The average Bonchev–Trinajstić information content (AvgIpc) is 2.48. The van der Waals surface area contributed by atoms with Crippen molar-refractivity contribution < 1.29 is 14.3 Å². The highest BCUT2D eigenvalue weighted by Crippen LogP contribution is 2.39. The molecule has 0 spiro atoms. The van der Waals surface area contributed by atoms with Crippen LogP contribution in [0, 0.1) is 5.92 Å². The van der Waals surface area contributed by atoms with Crippen LogP contribution in [-0.2, 0) is 14.3 Å². The molecule has 3 saturated heterocycles. The first-order valence-corrected chi connectivity index (χ1v) is 6.52. The predicted octanol–water partition coefficient (Wildman–Crippen LogP) is 0.842. The van der Waals surface area contributed by atoms with E-state index in [-0.39, 0.29) is 29.8 Å². The van der Waals surface area contributed by atoms with Gasteiger partial charge in [0, 0.05) is 19.5 Å². The number of hydrogen-bond acceptors (Lipinski definition) is 4. The summed E-state index contributed by atoms with van der Waals surface area (Å²) in [7, 11) is 0. The summed E-state index contributed by atoms with van der Waals surface area (Å²) in [5, 5.41) is 0. The molecular formula is C13H21NO3. The monoisotopic (exact) mass is 239 g/mol. The summed E-state index contributed by atoms with van der Waals surface area (Å²) in [6.07, 6.45) is 0.902. The zero-order valence-corrected chi connectivity index (χ0v) is 10.8. The van der Waals surface area contributed by atoms with Crippen LogP contribution in [0.15, 0.2) is 0 Å². The molecule has 0 aliphatic carbocycles. The summed E-state index contributed by atoms with van der Waals surface area (Å²) in [6, 6.07) is 0.259. The predicted molar refractivity (Wildman–Crippen MR) is 62.8 cm³/mol. The number of carbonyl (C=O) groups is 1. The Morgan fingerprint density at radius 3 is 2.88 bits per heavy atom. The molecule has 3 heterocycles. The fourth-order valence-corrected chi connectivity index (χ4v) is 3.36. The smallest absolute Gasteiger partial charge is 0.141 e. The van der Waals surface area contributed by atoms with Crippen LogP contribution in [0.5, 0.6) is 0 Å². The van der Waals surface area contributed by atoms with Crippen molar-refractivity contribution in [2.24, 2.45) is 5.92 Å². The van der Waals surface area contributed by atoms with E-state index in [0.717, 1.165) is 13.1 Å². The van der Waals surface area contributed by atoms with E-state index in [1.165, 1.54) is 0 Å². The number of nitrogens with zero attached hydrogens (tertiary/aromatic N) is 1. The van der Waals surface area contributed by atoms with Crippen molar-refractivity contribution in [2.75, 3.05) is 19.7 Å². The summed E-state index contributed by atoms with van der Waals surface area (Å²) in [5.41, 5.74) is -0.176. The Morgan fingerprint density at radius 2 is 2.18 bits per heavy atom. The third kappa shape index (κ3) is 1.92. The van der Waals surface area contributed by atoms with Gasteiger partial charge >= 0.3 is 0 Å². The molecule has 0 amide bonds. The van der Waals surface area contributed by atoms with Crippen LogP contribution in [0.25, 0.3) is 0 Å². The molecule has 0 unspecified atom stereocenters. The van der Waals surface area contributed by atoms with Gasteiger partial charge in [0.05, 0.1) is 30.3 Å². The maximum atomic E-state index is 11.9. The van der Waals surface area contributed by atoms with Crippen molar-refractivity contribution in [3.8, 4) is 0 Å². The van der Waals surface area contributed by atoms with E-state index in [1.807, 2.05) is 0 Å². The third-order valence-corrected chi connectivity index (χ3v) is 3.99. The fourth-order valence-electron chi connectivity index (χ4n) is 3.36. The summed E-state index contributed by atoms with van der Waals surface area (Å²) in [5.74, 6) is 0.393. The summed E-state index contributed by atoms with van der Waals surface area (Å²) < 4.78 is 12.0. The van der Waals surface area contributed by atoms with Crippen LogP contribution < -0.4 is 0 Å². The summed E-state index contributed by atoms with van der Waals surface area (Å²) >= 11 is 0. The van der Waals surface area contributed by atoms with Crippen molar-refractivity contribution in [3.63, 3.8) is 0 Å². The van der Waals surface area contributed by atoms with Crippen molar-refractivity contribution in [1.82, 2.24) is 4.90 Å². The molecule has 3 rings (SSSR count). The van der Waals surface area contributed by atoms with Gasteiger partial charge in [0.2, 0.25) is 0 Å². The maximum absolute atomic E-state index is 11.9. The van der Waals surface area contributed by atoms with Gasteiger partial charge in [0.25, 0.3) is 0 Å². The van der Waals surface area contributed by atoms with E-state index >= 15 is 0 Å². The van der Waals surface area contributed by atoms with Crippen LogP contribution >= 0.6 is 0 Å². The molecule has 3 aliphatic rings. The zero-order chi connectivity index (χ0) is 12.2. The van der Waals surface area contributed by atoms with E-state index in [1.54, 1.807) is 0 Å². The lowest BCUT2D eigenvalue weighted by Crippen LogP contribution is -2.56. The third-order valence-electron chi connectivity index (χ3n) is 3.99. The van der Waals surface area contributed by atoms with Crippen LogP contribution in [0.4, 0.5) is 0 Å². The average molecular weight is 239 g/mol. The van der Waals surface area contributed by atoms with Gasteiger partial charge in [-0.25, -0.2) is 0 Å². The minimum absolute atomic E-state index is 0.0369. The highest BCUT2D eigenvalue weighted by molar-refractivity contribution is 5.83. The molecule has 4 heteroatoms. The van der Waals surface area contributed by atoms with E-state index in [4.69, 9.17) is 9.47 Å². The molecule has 4 atom stereocenters. The van der Waals surface area contributed by atoms with Gasteiger partial charge in [-0.1, -0.05) is 0 Å². The number of ketones is 1. The first kappa shape index (κ1) is 11.6. The Morgan fingerprint density at radius 1 is 1.41 bits per heavy atom. The largest absolute Gasteiger partial charge is 0.373 e. The molecule has 0 aromatic rings. The lowest BCUT2D eigenvalue weighted by Gasteiger charge is -2.42. The SMILES string of the molecule is CC(C)(C)O[C@@H]1[C@H]2[C@H]3CO[C@@H]1CN2CCC3=O. The number of fused-ring (bicyclic) bond motifs is 1. The van der Waals surface area contributed by atoms with E-state index in [2.05, 4.69) is 25.7 Å². The normalized spacial score (nSPS) is 41.9. The van der Waals surface area contributed by atoms with Crippen LogP contribution in [0.3, 0.4) is 0 Å². The standard InChI is InChI=1S/C13H21NO3/c1-13(2,3)17-12-10-6-14-5-4-9(15)8(7-16-10)11(12)14/h8,10-12H,4-7H2,1-3H3/t8-,10+,11+,12-/m0/s1. The minimum Gasteiger partial charge on any atom is -0.373 e. The Bertz CT molecular complexity index is 336. The van der Waals surface area contributed by atoms with Gasteiger partial charge in [0.15, 0.2) is 0 Å². The number of ether oxygens (including phenoxy) is 2. The second-order valence-electron chi connectivity index (χ2n) is 6.37. The summed E-state index contributed by atoms with van der Waals surface area (Å²) in [6.45, 7) is 8.59. The molecular weight excluding hydrogens is 218 g/mol. The molecule has 17 heavy (non-hydrogen) atoms. The van der Waals surface area contributed by atoms with Crippen molar-refractivity contribution in [2.45, 2.75) is 51.0 Å². The topological polar surface area (TPSA) is 38.8 Å². The lowest BCUT2D eigenvalue weighted by atomic mass is 9.85. The number of rotatable bonds is 1. The van der Waals surface area contributed by atoms with Crippen molar-refractivity contribution in [1.29, 1.82) is 0 Å². The molecule has 0 aromatic carbocycles. The van der Waals surface area contributed by atoms with Gasteiger partial charge in [0.1, 0.15) is 11.9 Å². The van der Waals surface area contributed by atoms with Gasteiger partial charge in [-0.3, -0.25) is 9.69 Å². The lowest BCUT2D eigenvalue weighted by molar-refractivity contribution is -0.169. The van der Waals surface area contributed by atoms with Crippen LogP contribution in [-0.4, -0.2) is 54.2 Å². The van der Waals surface area contributed by atoms with Crippen LogP contribution in [0.2, 0.25) is 0 Å². The molecule has 0 saturated carbocycles. The molecule has 0 radical (unpaired) electrons. The van der Waals surface area contributed by atoms with Crippen molar-refractivity contribution in [3.05, 3.63) is 0 Å². The van der Waals surface area contributed by atoms with E-state index in [0.29, 0.717) is 18.8 Å². The quantitative estimate of drug-likeness (QED) is 0.680. The second kappa shape index (κ2) is 3.77. The molecule has 3 aliphatic heterocycles. The van der Waals surface area contributed by atoms with E-state index < -0.39 is 0 Å². The van der Waals surface area contributed by atoms with E-state index in [9.17, 15) is 4.79 Å². The minimum atomic E-state index is -0.176. The van der Waals surface area contributed by atoms with Crippen LogP contribution in [0.1, 0.15) is 27.2 Å². The molecule has 4 nitrogen and oxygen atoms in total. The maximum Gasteiger partial charge on any atom is 0.141 e. The summed E-state index contributed by atoms with van der Waals surface area (Å²) in [4.78, 5) is 14.3. The number of Topliss-reactive ketones (excluding diaryl/α,β-unsaturated/α-hetero) is 1. The Hall–Kier alpha value is -0.450. The molecule has 0 N–H and O–H groups in total. The Balaban J connectivity index is 1.85. The zero-order valence-electron chi connectivity index (χ0n) is 10.8. The van der Waals surface area contributed by atoms with Gasteiger partial charge in [-0.15, -0.1) is 0 Å². The number of piperidine rings is 1. The fraction of sp³-hybridized carbons (Fsp3) is 0.923. The van der Waals surface area contributed by atoms with Gasteiger partial charge in [-0.05, 0) is 20.8 Å². The first-order chi connectivity index (χ1) is 7.96. The second-order valence-corrected chi connectivity index (χ2v) is 6.37. The molecule has 96 valence electrons. The van der Waals surface area contributed by atoms with Gasteiger partial charge in [-0.2, -0.15) is 0 Å². The molecule has 0 aromatic heterocycles. The number of carbonyl (C=O) groups excluding carboxylic acids is 1. The Labute approximate surface area is 102 Å². The highest BCUT2D eigenvalue weighted by Gasteiger charge is 2.55. The Kier molecular flexibility index (Phi) is 2.58. The first-order valence-electron chi connectivity index (χ1n) is 6.52. The van der Waals surface area contributed by atoms with Crippen molar-refractivity contribution >= 4 is 5.78 Å². The molecule has 3 fully saturated rings. The number of hydrogen-bond donors (Lipinski definition) is 0. The van der Waals surface area contributed by atoms with Gasteiger partial charge < -0.3 is 9.47 Å². The highest BCUT2D eigenvalue weighted by atomic mass is 16.6.